The van der Waals surface area contributed by atoms with Crippen LogP contribution in [0.25, 0.3) is 0 Å². The van der Waals surface area contributed by atoms with Crippen molar-refractivity contribution in [3.63, 3.8) is 0 Å². The summed E-state index contributed by atoms with van der Waals surface area (Å²) < 4.78 is 0. The van der Waals surface area contributed by atoms with Crippen molar-refractivity contribution >= 4 is 51.0 Å². The van der Waals surface area contributed by atoms with Gasteiger partial charge in [-0.1, -0.05) is 23.2 Å². The lowest BCUT2D eigenvalue weighted by atomic mass is 10.0. The summed E-state index contributed by atoms with van der Waals surface area (Å²) >= 11 is 13.5. The van der Waals surface area contributed by atoms with Gasteiger partial charge in [0.1, 0.15) is 0 Å². The molecule has 0 saturated carbocycles. The average Bonchev–Trinajstić information content (AvgIpc) is 3.10. The first-order valence-electron chi connectivity index (χ1n) is 9.82. The van der Waals surface area contributed by atoms with Crippen LogP contribution < -0.4 is 10.6 Å². The molecule has 156 valence electrons. The van der Waals surface area contributed by atoms with E-state index in [0.717, 1.165) is 48.9 Å². The van der Waals surface area contributed by atoms with Crippen molar-refractivity contribution in [2.45, 2.75) is 13.5 Å². The Kier molecular flexibility index (Phi) is 6.34. The maximum atomic E-state index is 13.0. The van der Waals surface area contributed by atoms with Gasteiger partial charge in [-0.3, -0.25) is 9.69 Å². The molecule has 1 aliphatic heterocycles. The first-order chi connectivity index (χ1) is 14.4. The van der Waals surface area contributed by atoms with Crippen LogP contribution >= 0.6 is 34.5 Å². The van der Waals surface area contributed by atoms with E-state index in [0.29, 0.717) is 21.2 Å². The van der Waals surface area contributed by atoms with Gasteiger partial charge in [0.25, 0.3) is 0 Å². The number of nitrogen functional groups attached to an aromatic ring is 1. The Balaban J connectivity index is 1.44. The minimum atomic E-state index is -0.0457. The maximum Gasteiger partial charge on any atom is 0.196 e. The van der Waals surface area contributed by atoms with Gasteiger partial charge >= 0.3 is 0 Å². The molecule has 0 bridgehead atoms. The zero-order valence-electron chi connectivity index (χ0n) is 16.7. The number of hydrogen-bond acceptors (Lipinski definition) is 5. The number of nitrogens with zero attached hydrogens (tertiary/aromatic N) is 2. The highest BCUT2D eigenvalue weighted by Gasteiger charge is 2.23. The fourth-order valence-corrected chi connectivity index (χ4v) is 4.81. The van der Waals surface area contributed by atoms with Gasteiger partial charge in [0.2, 0.25) is 0 Å². The fraction of sp³-hybridized carbons (Fsp3) is 0.261. The molecule has 4 nitrogen and oxygen atoms in total. The first kappa shape index (κ1) is 21.2. The third-order valence-corrected chi connectivity index (χ3v) is 7.04. The van der Waals surface area contributed by atoms with E-state index in [1.165, 1.54) is 17.0 Å². The van der Waals surface area contributed by atoms with Crippen molar-refractivity contribution in [3.05, 3.63) is 80.1 Å². The SMILES string of the molecule is Cc1cc(N2CCN(Cc3csc(N)c3C(=O)c3ccc(Cl)cc3)CC2)ccc1Cl. The molecule has 4 rings (SSSR count). The Morgan fingerprint density at radius 2 is 1.77 bits per heavy atom. The molecule has 0 amide bonds. The Morgan fingerprint density at radius 1 is 1.07 bits per heavy atom. The molecule has 30 heavy (non-hydrogen) atoms. The van der Waals surface area contributed by atoms with Crippen LogP contribution in [0.1, 0.15) is 27.0 Å². The number of aryl methyl sites for hydroxylation is 1. The second kappa shape index (κ2) is 8.98. The van der Waals surface area contributed by atoms with E-state index in [9.17, 15) is 4.79 Å². The third kappa shape index (κ3) is 4.49. The lowest BCUT2D eigenvalue weighted by Crippen LogP contribution is -2.46. The van der Waals surface area contributed by atoms with Crippen LogP contribution in [-0.4, -0.2) is 36.9 Å². The summed E-state index contributed by atoms with van der Waals surface area (Å²) in [4.78, 5) is 17.8. The van der Waals surface area contributed by atoms with Gasteiger partial charge in [-0.2, -0.15) is 0 Å². The zero-order valence-corrected chi connectivity index (χ0v) is 19.0. The van der Waals surface area contributed by atoms with Crippen molar-refractivity contribution in [2.75, 3.05) is 36.8 Å². The molecule has 1 aromatic heterocycles. The molecule has 7 heteroatoms. The molecular weight excluding hydrogens is 437 g/mol. The van der Waals surface area contributed by atoms with Gasteiger partial charge < -0.3 is 10.6 Å². The predicted octanol–water partition coefficient (Wildman–Crippen LogP) is 5.50. The number of nitrogens with two attached hydrogens (primary N) is 1. The Morgan fingerprint density at radius 3 is 2.43 bits per heavy atom. The smallest absolute Gasteiger partial charge is 0.196 e. The summed E-state index contributed by atoms with van der Waals surface area (Å²) in [7, 11) is 0. The molecule has 0 radical (unpaired) electrons. The lowest BCUT2D eigenvalue weighted by Gasteiger charge is -2.36. The van der Waals surface area contributed by atoms with Crippen LogP contribution in [0.3, 0.4) is 0 Å². The summed E-state index contributed by atoms with van der Waals surface area (Å²) in [6, 6.07) is 13.1. The molecule has 1 saturated heterocycles. The van der Waals surface area contributed by atoms with Crippen LogP contribution in [0, 0.1) is 6.92 Å². The van der Waals surface area contributed by atoms with Crippen LogP contribution in [0.15, 0.2) is 47.8 Å². The van der Waals surface area contributed by atoms with E-state index >= 15 is 0 Å². The van der Waals surface area contributed by atoms with Crippen LogP contribution in [0.4, 0.5) is 10.7 Å². The average molecular weight is 460 g/mol. The van der Waals surface area contributed by atoms with Gasteiger partial charge in [0.05, 0.1) is 10.6 Å². The van der Waals surface area contributed by atoms with E-state index < -0.39 is 0 Å². The molecular formula is C23H23Cl2N3OS. The molecule has 2 aromatic carbocycles. The molecule has 3 aromatic rings. The largest absolute Gasteiger partial charge is 0.390 e. The minimum Gasteiger partial charge on any atom is -0.390 e. The predicted molar refractivity (Wildman–Crippen MR) is 127 cm³/mol. The van der Waals surface area contributed by atoms with Crippen LogP contribution in [0.5, 0.6) is 0 Å². The number of rotatable bonds is 5. The number of piperazine rings is 1. The van der Waals surface area contributed by atoms with E-state index in [1.807, 2.05) is 18.4 Å². The standard InChI is InChI=1S/C23H23Cl2N3OS/c1-15-12-19(6-7-20(15)25)28-10-8-27(9-11-28)13-17-14-30-23(26)21(17)22(29)16-2-4-18(24)5-3-16/h2-7,12,14H,8-11,13,26H2,1H3. The van der Waals surface area contributed by atoms with Crippen LogP contribution in [-0.2, 0) is 6.54 Å². The van der Waals surface area contributed by atoms with E-state index in [2.05, 4.69) is 21.9 Å². The van der Waals surface area contributed by atoms with Gasteiger partial charge in [-0.05, 0) is 65.9 Å². The fourth-order valence-electron chi connectivity index (χ4n) is 3.76. The summed E-state index contributed by atoms with van der Waals surface area (Å²) in [5.74, 6) is -0.0457. The monoisotopic (exact) mass is 459 g/mol. The maximum absolute atomic E-state index is 13.0. The van der Waals surface area contributed by atoms with Gasteiger partial charge in [0.15, 0.2) is 5.78 Å². The molecule has 0 aliphatic carbocycles. The van der Waals surface area contributed by atoms with Crippen molar-refractivity contribution in [1.82, 2.24) is 4.90 Å². The quantitative estimate of drug-likeness (QED) is 0.511. The van der Waals surface area contributed by atoms with E-state index in [4.69, 9.17) is 28.9 Å². The van der Waals surface area contributed by atoms with Gasteiger partial charge in [-0.15, -0.1) is 11.3 Å². The number of anilines is 2. The van der Waals surface area contributed by atoms with E-state index in [1.54, 1.807) is 24.3 Å². The number of carbonyl (C=O) groups is 1. The molecule has 0 spiro atoms. The third-order valence-electron chi connectivity index (χ3n) is 5.50. The second-order valence-electron chi connectivity index (χ2n) is 7.53. The Labute approximate surface area is 190 Å². The normalized spacial score (nSPS) is 14.8. The summed E-state index contributed by atoms with van der Waals surface area (Å²) in [5.41, 5.74) is 10.7. The number of thiophene rings is 1. The van der Waals surface area contributed by atoms with E-state index in [-0.39, 0.29) is 5.78 Å². The van der Waals surface area contributed by atoms with Crippen molar-refractivity contribution in [3.8, 4) is 0 Å². The number of benzene rings is 2. The Hall–Kier alpha value is -2.05. The highest BCUT2D eigenvalue weighted by molar-refractivity contribution is 7.14. The molecule has 0 atom stereocenters. The topological polar surface area (TPSA) is 49.6 Å². The van der Waals surface area contributed by atoms with Gasteiger partial charge in [0, 0.05) is 54.0 Å². The molecule has 2 N–H and O–H groups in total. The first-order valence-corrected chi connectivity index (χ1v) is 11.5. The van der Waals surface area contributed by atoms with Gasteiger partial charge in [-0.25, -0.2) is 0 Å². The molecule has 0 unspecified atom stereocenters. The zero-order chi connectivity index (χ0) is 21.3. The Bertz CT molecular complexity index is 1060. The highest BCUT2D eigenvalue weighted by Crippen LogP contribution is 2.30. The van der Waals surface area contributed by atoms with Crippen LogP contribution in [0.2, 0.25) is 10.0 Å². The van der Waals surface area contributed by atoms with Crippen molar-refractivity contribution in [2.24, 2.45) is 0 Å². The lowest BCUT2D eigenvalue weighted by molar-refractivity contribution is 0.103. The van der Waals surface area contributed by atoms with Crippen molar-refractivity contribution in [1.29, 1.82) is 0 Å². The number of halogens is 2. The second-order valence-corrected chi connectivity index (χ2v) is 9.29. The summed E-state index contributed by atoms with van der Waals surface area (Å²) in [6.45, 7) is 6.46. The summed E-state index contributed by atoms with van der Waals surface area (Å²) in [5, 5.41) is 3.98. The summed E-state index contributed by atoms with van der Waals surface area (Å²) in [6.07, 6.45) is 0. The molecule has 1 aliphatic rings. The number of carbonyl (C=O) groups excluding carboxylic acids is 1. The molecule has 2 heterocycles. The molecule has 1 fully saturated rings. The highest BCUT2D eigenvalue weighted by atomic mass is 35.5. The minimum absolute atomic E-state index is 0.0457. The number of ketones is 1. The number of hydrogen-bond donors (Lipinski definition) is 1. The van der Waals surface area contributed by atoms with Crippen molar-refractivity contribution < 1.29 is 4.79 Å².